The van der Waals surface area contributed by atoms with Crippen LogP contribution in [0.25, 0.3) is 0 Å². The van der Waals surface area contributed by atoms with Gasteiger partial charge in [0, 0.05) is 29.6 Å². The number of nitrogens with two attached hydrogens (primary N) is 1. The highest BCUT2D eigenvalue weighted by Gasteiger charge is 2.05. The Labute approximate surface area is 105 Å². The van der Waals surface area contributed by atoms with E-state index in [0.717, 1.165) is 5.56 Å². The van der Waals surface area contributed by atoms with Gasteiger partial charge in [-0.1, -0.05) is 29.3 Å². The summed E-state index contributed by atoms with van der Waals surface area (Å²) in [6.07, 6.45) is 1.01. The lowest BCUT2D eigenvalue weighted by molar-refractivity contribution is -0.120. The summed E-state index contributed by atoms with van der Waals surface area (Å²) in [6.45, 7) is 0.959. The maximum absolute atomic E-state index is 11.3. The maximum Gasteiger partial charge on any atom is 0.220 e. The predicted molar refractivity (Wildman–Crippen MR) is 66.8 cm³/mol. The normalized spacial score (nSPS) is 10.2. The van der Waals surface area contributed by atoms with Crippen LogP contribution < -0.4 is 11.1 Å². The number of hydrogen-bond acceptors (Lipinski definition) is 2. The van der Waals surface area contributed by atoms with E-state index < -0.39 is 0 Å². The molecule has 0 atom stereocenters. The molecule has 0 fully saturated rings. The second-order valence-corrected chi connectivity index (χ2v) is 4.22. The number of hydrogen-bond donors (Lipinski definition) is 2. The average Bonchev–Trinajstić information content (AvgIpc) is 2.25. The number of nitrogens with one attached hydrogen (secondary N) is 1. The summed E-state index contributed by atoms with van der Waals surface area (Å²) in [6, 6.07) is 5.28. The fourth-order valence-electron chi connectivity index (χ4n) is 1.27. The number of aryl methyl sites for hydroxylation is 1. The lowest BCUT2D eigenvalue weighted by atomic mass is 10.1. The lowest BCUT2D eigenvalue weighted by Crippen LogP contribution is -2.29. The van der Waals surface area contributed by atoms with Crippen LogP contribution in [0.5, 0.6) is 0 Å². The Hall–Kier alpha value is -0.770. The molecule has 88 valence electrons. The van der Waals surface area contributed by atoms with Gasteiger partial charge in [0.2, 0.25) is 5.91 Å². The van der Waals surface area contributed by atoms with E-state index in [-0.39, 0.29) is 5.91 Å². The quantitative estimate of drug-likeness (QED) is 0.851. The van der Waals surface area contributed by atoms with Crippen molar-refractivity contribution in [2.24, 2.45) is 5.73 Å². The Balaban J connectivity index is 2.45. The number of carbonyl (C=O) groups is 1. The predicted octanol–water partition coefficient (Wildman–Crippen LogP) is 2.00. The summed E-state index contributed by atoms with van der Waals surface area (Å²) in [4.78, 5) is 11.3. The van der Waals surface area contributed by atoms with Crippen molar-refractivity contribution < 1.29 is 4.79 Å². The molecule has 0 aliphatic rings. The van der Waals surface area contributed by atoms with Crippen LogP contribution in [0.2, 0.25) is 10.0 Å². The summed E-state index contributed by atoms with van der Waals surface area (Å²) in [5.41, 5.74) is 6.20. The first-order valence-electron chi connectivity index (χ1n) is 5.04. The van der Waals surface area contributed by atoms with E-state index in [4.69, 9.17) is 28.9 Å². The van der Waals surface area contributed by atoms with Crippen molar-refractivity contribution in [2.75, 3.05) is 13.1 Å². The molecule has 0 saturated heterocycles. The van der Waals surface area contributed by atoms with E-state index >= 15 is 0 Å². The van der Waals surface area contributed by atoms with Gasteiger partial charge in [-0.2, -0.15) is 0 Å². The standard InChI is InChI=1S/C11H14Cl2N2O/c12-9-3-1-8(10(13)7-9)2-4-11(16)15-6-5-14/h1,3,7H,2,4-6,14H2,(H,15,16). The van der Waals surface area contributed by atoms with Crippen molar-refractivity contribution >= 4 is 29.1 Å². The third-order valence-electron chi connectivity index (χ3n) is 2.10. The van der Waals surface area contributed by atoms with Gasteiger partial charge in [-0.05, 0) is 24.1 Å². The molecule has 0 bridgehead atoms. The van der Waals surface area contributed by atoms with Gasteiger partial charge in [-0.3, -0.25) is 4.79 Å². The van der Waals surface area contributed by atoms with Crippen molar-refractivity contribution in [1.82, 2.24) is 5.32 Å². The molecule has 0 aliphatic heterocycles. The Morgan fingerprint density at radius 2 is 2.12 bits per heavy atom. The summed E-state index contributed by atoms with van der Waals surface area (Å²) in [7, 11) is 0. The molecule has 0 heterocycles. The van der Waals surface area contributed by atoms with E-state index in [1.54, 1.807) is 12.1 Å². The van der Waals surface area contributed by atoms with Crippen LogP contribution in [0.3, 0.4) is 0 Å². The zero-order valence-corrected chi connectivity index (χ0v) is 10.3. The highest BCUT2D eigenvalue weighted by Crippen LogP contribution is 2.21. The molecule has 3 nitrogen and oxygen atoms in total. The van der Waals surface area contributed by atoms with Gasteiger partial charge in [0.25, 0.3) is 0 Å². The van der Waals surface area contributed by atoms with Gasteiger partial charge < -0.3 is 11.1 Å². The number of halogens is 2. The molecular formula is C11H14Cl2N2O. The van der Waals surface area contributed by atoms with E-state index in [9.17, 15) is 4.79 Å². The zero-order chi connectivity index (χ0) is 12.0. The summed E-state index contributed by atoms with van der Waals surface area (Å²) in [5.74, 6) is -0.0172. The molecule has 0 unspecified atom stereocenters. The highest BCUT2D eigenvalue weighted by atomic mass is 35.5. The minimum absolute atomic E-state index is 0.0172. The van der Waals surface area contributed by atoms with E-state index in [1.165, 1.54) is 0 Å². The second kappa shape index (κ2) is 6.74. The van der Waals surface area contributed by atoms with Crippen LogP contribution in [0.15, 0.2) is 18.2 Å². The van der Waals surface area contributed by atoms with E-state index in [2.05, 4.69) is 5.32 Å². The van der Waals surface area contributed by atoms with E-state index in [1.807, 2.05) is 6.07 Å². The highest BCUT2D eigenvalue weighted by molar-refractivity contribution is 6.35. The fraction of sp³-hybridized carbons (Fsp3) is 0.364. The van der Waals surface area contributed by atoms with Gasteiger partial charge in [-0.25, -0.2) is 0 Å². The zero-order valence-electron chi connectivity index (χ0n) is 8.80. The van der Waals surface area contributed by atoms with Crippen molar-refractivity contribution in [3.05, 3.63) is 33.8 Å². The van der Waals surface area contributed by atoms with Gasteiger partial charge in [0.05, 0.1) is 0 Å². The molecule has 1 aromatic carbocycles. The minimum atomic E-state index is -0.0172. The Bertz CT molecular complexity index is 369. The molecule has 1 rings (SSSR count). The second-order valence-electron chi connectivity index (χ2n) is 3.37. The lowest BCUT2D eigenvalue weighted by Gasteiger charge is -2.05. The third kappa shape index (κ3) is 4.39. The van der Waals surface area contributed by atoms with Crippen LogP contribution in [0, 0.1) is 0 Å². The molecular weight excluding hydrogens is 247 g/mol. The number of amides is 1. The van der Waals surface area contributed by atoms with Crippen LogP contribution >= 0.6 is 23.2 Å². The Kier molecular flexibility index (Phi) is 5.60. The molecule has 5 heteroatoms. The first-order chi connectivity index (χ1) is 7.63. The first kappa shape index (κ1) is 13.3. The summed E-state index contributed by atoms with van der Waals surface area (Å²) in [5, 5.41) is 3.90. The van der Waals surface area contributed by atoms with Crippen LogP contribution in [-0.4, -0.2) is 19.0 Å². The molecule has 16 heavy (non-hydrogen) atoms. The van der Waals surface area contributed by atoms with Gasteiger partial charge in [0.15, 0.2) is 0 Å². The van der Waals surface area contributed by atoms with Crippen molar-refractivity contribution in [2.45, 2.75) is 12.8 Å². The molecule has 0 aliphatic carbocycles. The molecule has 0 saturated carbocycles. The smallest absolute Gasteiger partial charge is 0.220 e. The van der Waals surface area contributed by atoms with Gasteiger partial charge >= 0.3 is 0 Å². The Morgan fingerprint density at radius 1 is 1.38 bits per heavy atom. The van der Waals surface area contributed by atoms with Crippen LogP contribution in [0.1, 0.15) is 12.0 Å². The van der Waals surface area contributed by atoms with Crippen molar-refractivity contribution in [1.29, 1.82) is 0 Å². The van der Waals surface area contributed by atoms with Crippen LogP contribution in [-0.2, 0) is 11.2 Å². The SMILES string of the molecule is NCCNC(=O)CCc1ccc(Cl)cc1Cl. The topological polar surface area (TPSA) is 55.1 Å². The average molecular weight is 261 g/mol. The molecule has 0 radical (unpaired) electrons. The van der Waals surface area contributed by atoms with Crippen molar-refractivity contribution in [3.63, 3.8) is 0 Å². The summed E-state index contributed by atoms with van der Waals surface area (Å²) >= 11 is 11.8. The number of rotatable bonds is 5. The van der Waals surface area contributed by atoms with Crippen molar-refractivity contribution in [3.8, 4) is 0 Å². The van der Waals surface area contributed by atoms with Gasteiger partial charge in [-0.15, -0.1) is 0 Å². The molecule has 1 aromatic rings. The van der Waals surface area contributed by atoms with E-state index in [0.29, 0.717) is 36.0 Å². The molecule has 0 aromatic heterocycles. The number of benzene rings is 1. The minimum Gasteiger partial charge on any atom is -0.355 e. The maximum atomic E-state index is 11.3. The molecule has 0 spiro atoms. The number of carbonyl (C=O) groups excluding carboxylic acids is 1. The Morgan fingerprint density at radius 3 is 2.75 bits per heavy atom. The molecule has 3 N–H and O–H groups in total. The van der Waals surface area contributed by atoms with Crippen LogP contribution in [0.4, 0.5) is 0 Å². The monoisotopic (exact) mass is 260 g/mol. The largest absolute Gasteiger partial charge is 0.355 e. The molecule has 1 amide bonds. The van der Waals surface area contributed by atoms with Gasteiger partial charge in [0.1, 0.15) is 0 Å². The summed E-state index contributed by atoms with van der Waals surface area (Å²) < 4.78 is 0. The first-order valence-corrected chi connectivity index (χ1v) is 5.79. The third-order valence-corrected chi connectivity index (χ3v) is 2.69. The fourth-order valence-corrected chi connectivity index (χ4v) is 1.78.